The van der Waals surface area contributed by atoms with Gasteiger partial charge in [0.15, 0.2) is 0 Å². The summed E-state index contributed by atoms with van der Waals surface area (Å²) in [6, 6.07) is 11.9. The molecule has 164 valence electrons. The van der Waals surface area contributed by atoms with Crippen molar-refractivity contribution in [3.63, 3.8) is 0 Å². The number of aryl methyl sites for hydroxylation is 1. The number of amides is 2. The number of benzene rings is 2. The molecule has 7 nitrogen and oxygen atoms in total. The highest BCUT2D eigenvalue weighted by molar-refractivity contribution is 6.30. The van der Waals surface area contributed by atoms with Crippen LogP contribution in [0.2, 0.25) is 5.02 Å². The maximum Gasteiger partial charge on any atom is 0.245 e. The van der Waals surface area contributed by atoms with Crippen LogP contribution in [0.1, 0.15) is 29.7 Å². The lowest BCUT2D eigenvalue weighted by Gasteiger charge is -2.22. The first kappa shape index (κ1) is 21.8. The first-order valence-corrected chi connectivity index (χ1v) is 10.6. The highest BCUT2D eigenvalue weighted by atomic mass is 35.5. The van der Waals surface area contributed by atoms with Gasteiger partial charge in [-0.3, -0.25) is 14.3 Å². The third kappa shape index (κ3) is 4.58. The maximum absolute atomic E-state index is 14.0. The highest BCUT2D eigenvalue weighted by Crippen LogP contribution is 2.27. The number of hydrogen-bond donors (Lipinski definition) is 1. The van der Waals surface area contributed by atoms with Crippen molar-refractivity contribution < 1.29 is 14.0 Å². The molecule has 0 unspecified atom stereocenters. The van der Waals surface area contributed by atoms with E-state index < -0.39 is 5.82 Å². The van der Waals surface area contributed by atoms with E-state index >= 15 is 0 Å². The number of hydrogen-bond acceptors (Lipinski definition) is 4. The van der Waals surface area contributed by atoms with Crippen molar-refractivity contribution in [2.45, 2.75) is 38.9 Å². The Morgan fingerprint density at radius 1 is 1.34 bits per heavy atom. The molecule has 0 saturated heterocycles. The Kier molecular flexibility index (Phi) is 6.10. The molecule has 2 aromatic carbocycles. The minimum absolute atomic E-state index is 0.00448. The molecule has 1 aliphatic carbocycles. The normalized spacial score (nSPS) is 13.1. The van der Waals surface area contributed by atoms with E-state index in [-0.39, 0.29) is 48.1 Å². The summed E-state index contributed by atoms with van der Waals surface area (Å²) in [5.41, 5.74) is 2.29. The van der Waals surface area contributed by atoms with E-state index in [1.807, 2.05) is 6.92 Å². The van der Waals surface area contributed by atoms with Gasteiger partial charge in [-0.25, -0.2) is 4.39 Å². The predicted octanol–water partition coefficient (Wildman–Crippen LogP) is 3.32. The van der Waals surface area contributed by atoms with Gasteiger partial charge in [-0.05, 0) is 44.0 Å². The molecule has 0 bridgehead atoms. The number of rotatable bonds is 7. The smallest absolute Gasteiger partial charge is 0.245 e. The molecule has 0 radical (unpaired) electrons. The number of nitrogens with one attached hydrogen (secondary N) is 1. The molecule has 4 rings (SSSR count). The molecular formula is C23H21ClFN5O2. The van der Waals surface area contributed by atoms with E-state index in [4.69, 9.17) is 16.9 Å². The topological polar surface area (TPSA) is 91.0 Å². The second kappa shape index (κ2) is 8.97. The molecule has 1 N–H and O–H groups in total. The Balaban J connectivity index is 1.43. The summed E-state index contributed by atoms with van der Waals surface area (Å²) in [5.74, 6) is -1.15. The lowest BCUT2D eigenvalue weighted by atomic mass is 10.1. The lowest BCUT2D eigenvalue weighted by molar-refractivity contribution is -0.137. The zero-order chi connectivity index (χ0) is 22.8. The monoisotopic (exact) mass is 453 g/mol. The number of halogens is 2. The minimum atomic E-state index is -0.565. The number of fused-ring (bicyclic) bond motifs is 1. The fourth-order valence-electron chi connectivity index (χ4n) is 3.65. The fraction of sp³-hybridized carbons (Fsp3) is 0.304. The quantitative estimate of drug-likeness (QED) is 0.594. The van der Waals surface area contributed by atoms with Crippen LogP contribution in [0, 0.1) is 24.1 Å². The van der Waals surface area contributed by atoms with Crippen LogP contribution in [0.3, 0.4) is 0 Å². The number of carbonyl (C=O) groups excluding carboxylic acids is 2. The standard InChI is InChI=1S/C23H21ClFN5O2/c1-14-18-9-15(10-26)5-8-20(18)30(28-14)13-22(32)29(17-6-7-17)12-21(31)27-11-16-3-2-4-19(24)23(16)25/h2-5,8-9,17H,6-7,11-13H2,1H3,(H,27,31). The van der Waals surface area contributed by atoms with Crippen molar-refractivity contribution in [2.24, 2.45) is 0 Å². The van der Waals surface area contributed by atoms with Gasteiger partial charge in [0.25, 0.3) is 0 Å². The second-order valence-electron chi connectivity index (χ2n) is 7.83. The fourth-order valence-corrected chi connectivity index (χ4v) is 3.84. The molecule has 0 spiro atoms. The highest BCUT2D eigenvalue weighted by Gasteiger charge is 2.34. The summed E-state index contributed by atoms with van der Waals surface area (Å²) in [6.07, 6.45) is 1.68. The SMILES string of the molecule is Cc1nn(CC(=O)N(CC(=O)NCc2cccc(Cl)c2F)C2CC2)c2ccc(C#N)cc12. The summed E-state index contributed by atoms with van der Waals surface area (Å²) >= 11 is 5.78. The van der Waals surface area contributed by atoms with E-state index in [1.54, 1.807) is 39.9 Å². The van der Waals surface area contributed by atoms with Gasteiger partial charge in [-0.1, -0.05) is 23.7 Å². The van der Waals surface area contributed by atoms with Crippen LogP contribution in [0.5, 0.6) is 0 Å². The zero-order valence-corrected chi connectivity index (χ0v) is 18.2. The van der Waals surface area contributed by atoms with Crippen molar-refractivity contribution in [1.82, 2.24) is 20.0 Å². The van der Waals surface area contributed by atoms with Crippen LogP contribution < -0.4 is 5.32 Å². The molecule has 0 aliphatic heterocycles. The van der Waals surface area contributed by atoms with Crippen LogP contribution in [-0.2, 0) is 22.7 Å². The summed E-state index contributed by atoms with van der Waals surface area (Å²) in [5, 5.41) is 17.0. The van der Waals surface area contributed by atoms with Gasteiger partial charge in [-0.15, -0.1) is 0 Å². The maximum atomic E-state index is 14.0. The molecule has 1 fully saturated rings. The van der Waals surface area contributed by atoms with Crippen LogP contribution in [-0.4, -0.2) is 39.1 Å². The molecule has 0 atom stereocenters. The predicted molar refractivity (Wildman–Crippen MR) is 117 cm³/mol. The van der Waals surface area contributed by atoms with Gasteiger partial charge in [0, 0.05) is 23.5 Å². The van der Waals surface area contributed by atoms with Crippen molar-refractivity contribution in [3.8, 4) is 6.07 Å². The van der Waals surface area contributed by atoms with E-state index in [0.29, 0.717) is 5.56 Å². The Bertz CT molecular complexity index is 1250. The van der Waals surface area contributed by atoms with Crippen molar-refractivity contribution >= 4 is 34.3 Å². The number of nitriles is 1. The lowest BCUT2D eigenvalue weighted by Crippen LogP contribution is -2.43. The van der Waals surface area contributed by atoms with Crippen LogP contribution in [0.4, 0.5) is 4.39 Å². The summed E-state index contributed by atoms with van der Waals surface area (Å²) in [6.45, 7) is 1.69. The first-order chi connectivity index (χ1) is 15.4. The van der Waals surface area contributed by atoms with E-state index in [0.717, 1.165) is 29.4 Å². The summed E-state index contributed by atoms with van der Waals surface area (Å²) in [4.78, 5) is 27.1. The van der Waals surface area contributed by atoms with Crippen molar-refractivity contribution in [3.05, 3.63) is 64.1 Å². The van der Waals surface area contributed by atoms with Gasteiger partial charge in [-0.2, -0.15) is 10.4 Å². The van der Waals surface area contributed by atoms with Crippen molar-refractivity contribution in [2.75, 3.05) is 6.54 Å². The van der Waals surface area contributed by atoms with Crippen molar-refractivity contribution in [1.29, 1.82) is 5.26 Å². The second-order valence-corrected chi connectivity index (χ2v) is 8.24. The Labute approximate surface area is 189 Å². The van der Waals surface area contributed by atoms with E-state index in [1.165, 1.54) is 6.07 Å². The summed E-state index contributed by atoms with van der Waals surface area (Å²) in [7, 11) is 0. The summed E-state index contributed by atoms with van der Waals surface area (Å²) < 4.78 is 15.6. The molecule has 3 aromatic rings. The number of nitrogens with zero attached hydrogens (tertiary/aromatic N) is 4. The molecule has 1 heterocycles. The third-order valence-corrected chi connectivity index (χ3v) is 5.77. The molecule has 1 aliphatic rings. The van der Waals surface area contributed by atoms with Gasteiger partial charge < -0.3 is 10.2 Å². The Morgan fingerprint density at radius 3 is 2.84 bits per heavy atom. The van der Waals surface area contributed by atoms with E-state index in [9.17, 15) is 14.0 Å². The molecule has 9 heteroatoms. The van der Waals surface area contributed by atoms with E-state index in [2.05, 4.69) is 16.5 Å². The minimum Gasteiger partial charge on any atom is -0.350 e. The average molecular weight is 454 g/mol. The van der Waals surface area contributed by atoms with Crippen LogP contribution >= 0.6 is 11.6 Å². The van der Waals surface area contributed by atoms with Gasteiger partial charge >= 0.3 is 0 Å². The number of aromatic nitrogens is 2. The largest absolute Gasteiger partial charge is 0.350 e. The molecule has 1 saturated carbocycles. The van der Waals surface area contributed by atoms with Crippen LogP contribution in [0.25, 0.3) is 10.9 Å². The van der Waals surface area contributed by atoms with Gasteiger partial charge in [0.2, 0.25) is 11.8 Å². The Hall–Kier alpha value is -3.44. The Morgan fingerprint density at radius 2 is 2.12 bits per heavy atom. The molecule has 2 amide bonds. The van der Waals surface area contributed by atoms with Gasteiger partial charge in [0.05, 0.1) is 34.4 Å². The average Bonchev–Trinajstić information content (AvgIpc) is 3.58. The zero-order valence-electron chi connectivity index (χ0n) is 17.4. The first-order valence-electron chi connectivity index (χ1n) is 10.2. The van der Waals surface area contributed by atoms with Gasteiger partial charge in [0.1, 0.15) is 12.4 Å². The third-order valence-electron chi connectivity index (χ3n) is 5.48. The van der Waals surface area contributed by atoms with Crippen LogP contribution in [0.15, 0.2) is 36.4 Å². The molecule has 32 heavy (non-hydrogen) atoms. The molecule has 1 aromatic heterocycles. The number of carbonyl (C=O) groups is 2. The molecular weight excluding hydrogens is 433 g/mol.